The third-order valence-corrected chi connectivity index (χ3v) is 4.17. The first kappa shape index (κ1) is 15.1. The van der Waals surface area contributed by atoms with Crippen molar-refractivity contribution in [1.29, 1.82) is 0 Å². The molecule has 0 bridgehead atoms. The van der Waals surface area contributed by atoms with Crippen LogP contribution in [0.3, 0.4) is 0 Å². The quantitative estimate of drug-likeness (QED) is 0.717. The summed E-state index contributed by atoms with van der Waals surface area (Å²) in [6.45, 7) is 4.19. The maximum atomic E-state index is 12.0. The maximum absolute atomic E-state index is 12.0. The van der Waals surface area contributed by atoms with Crippen LogP contribution in [0.2, 0.25) is 5.02 Å². The number of carbonyl (C=O) groups is 1. The Balaban J connectivity index is 1.91. The molecule has 0 aromatic heterocycles. The van der Waals surface area contributed by atoms with E-state index in [9.17, 15) is 4.79 Å². The lowest BCUT2D eigenvalue weighted by Crippen LogP contribution is -2.02. The second kappa shape index (κ2) is 6.96. The summed E-state index contributed by atoms with van der Waals surface area (Å²) < 4.78 is 0. The standard InChI is InChI=1S/C17H17ClOS/c1-12-6-13(2)8-14(7-12)10-20-11-17(19)15-4-3-5-16(18)9-15/h3-9H,10-11H2,1-2H3. The number of carbonyl (C=O) groups excluding carboxylic acids is 1. The van der Waals surface area contributed by atoms with E-state index in [1.807, 2.05) is 12.1 Å². The number of ketones is 1. The molecule has 0 heterocycles. The van der Waals surface area contributed by atoms with E-state index in [1.54, 1.807) is 23.9 Å². The van der Waals surface area contributed by atoms with Crippen LogP contribution in [0, 0.1) is 13.8 Å². The number of rotatable bonds is 5. The van der Waals surface area contributed by atoms with Crippen molar-refractivity contribution in [2.75, 3.05) is 5.75 Å². The molecule has 0 aliphatic rings. The smallest absolute Gasteiger partial charge is 0.172 e. The summed E-state index contributed by atoms with van der Waals surface area (Å²) >= 11 is 7.53. The zero-order valence-electron chi connectivity index (χ0n) is 11.7. The van der Waals surface area contributed by atoms with Crippen molar-refractivity contribution in [3.05, 3.63) is 69.7 Å². The molecule has 2 aromatic rings. The van der Waals surface area contributed by atoms with Crippen molar-refractivity contribution >= 4 is 29.1 Å². The first-order chi connectivity index (χ1) is 9.54. The topological polar surface area (TPSA) is 17.1 Å². The minimum absolute atomic E-state index is 0.127. The first-order valence-electron chi connectivity index (χ1n) is 6.48. The van der Waals surface area contributed by atoms with E-state index in [0.717, 1.165) is 5.75 Å². The SMILES string of the molecule is Cc1cc(C)cc(CSCC(=O)c2cccc(Cl)c2)c1. The summed E-state index contributed by atoms with van der Waals surface area (Å²) in [4.78, 5) is 12.0. The van der Waals surface area contributed by atoms with Gasteiger partial charge in [-0.2, -0.15) is 0 Å². The fourth-order valence-corrected chi connectivity index (χ4v) is 3.21. The van der Waals surface area contributed by atoms with Gasteiger partial charge < -0.3 is 0 Å². The molecule has 0 saturated carbocycles. The Morgan fingerprint density at radius 1 is 1.10 bits per heavy atom. The van der Waals surface area contributed by atoms with Crippen LogP contribution in [0.5, 0.6) is 0 Å². The van der Waals surface area contributed by atoms with Gasteiger partial charge in [0.15, 0.2) is 5.78 Å². The number of benzene rings is 2. The van der Waals surface area contributed by atoms with Gasteiger partial charge in [0.1, 0.15) is 0 Å². The van der Waals surface area contributed by atoms with Gasteiger partial charge in [-0.3, -0.25) is 4.79 Å². The summed E-state index contributed by atoms with van der Waals surface area (Å²) in [5.74, 6) is 1.46. The van der Waals surface area contributed by atoms with E-state index in [4.69, 9.17) is 11.6 Å². The largest absolute Gasteiger partial charge is 0.293 e. The van der Waals surface area contributed by atoms with Crippen molar-refractivity contribution in [3.63, 3.8) is 0 Å². The van der Waals surface area contributed by atoms with Gasteiger partial charge in [-0.25, -0.2) is 0 Å². The molecule has 0 atom stereocenters. The van der Waals surface area contributed by atoms with Gasteiger partial charge in [-0.05, 0) is 31.5 Å². The van der Waals surface area contributed by atoms with E-state index < -0.39 is 0 Å². The molecule has 0 radical (unpaired) electrons. The Morgan fingerprint density at radius 2 is 1.80 bits per heavy atom. The van der Waals surface area contributed by atoms with Crippen molar-refractivity contribution in [2.24, 2.45) is 0 Å². The van der Waals surface area contributed by atoms with Gasteiger partial charge in [0.05, 0.1) is 5.75 Å². The number of Topliss-reactive ketones (excluding diaryl/α,β-unsaturated/α-hetero) is 1. The molecule has 3 heteroatoms. The number of hydrogen-bond acceptors (Lipinski definition) is 2. The zero-order valence-corrected chi connectivity index (χ0v) is 13.2. The molecule has 1 nitrogen and oxygen atoms in total. The van der Waals surface area contributed by atoms with Crippen LogP contribution in [-0.4, -0.2) is 11.5 Å². The van der Waals surface area contributed by atoms with E-state index >= 15 is 0 Å². The van der Waals surface area contributed by atoms with Crippen LogP contribution in [0.25, 0.3) is 0 Å². The zero-order chi connectivity index (χ0) is 14.5. The van der Waals surface area contributed by atoms with Gasteiger partial charge in [0, 0.05) is 16.3 Å². The highest BCUT2D eigenvalue weighted by Crippen LogP contribution is 2.18. The fraction of sp³-hybridized carbons (Fsp3) is 0.235. The Kier molecular flexibility index (Phi) is 5.27. The van der Waals surface area contributed by atoms with Crippen LogP contribution < -0.4 is 0 Å². The molecule has 0 N–H and O–H groups in total. The van der Waals surface area contributed by atoms with E-state index in [0.29, 0.717) is 16.3 Å². The molecule has 2 rings (SSSR count). The number of aryl methyl sites for hydroxylation is 2. The molecular formula is C17H17ClOS. The summed E-state index contributed by atoms with van der Waals surface area (Å²) in [6.07, 6.45) is 0. The monoisotopic (exact) mass is 304 g/mol. The minimum atomic E-state index is 0.127. The van der Waals surface area contributed by atoms with Crippen LogP contribution in [0.15, 0.2) is 42.5 Å². The van der Waals surface area contributed by atoms with Crippen molar-refractivity contribution in [2.45, 2.75) is 19.6 Å². The fourth-order valence-electron chi connectivity index (χ4n) is 2.16. The van der Waals surface area contributed by atoms with Gasteiger partial charge in [-0.1, -0.05) is 53.1 Å². The highest BCUT2D eigenvalue weighted by molar-refractivity contribution is 7.99. The van der Waals surface area contributed by atoms with Crippen LogP contribution in [-0.2, 0) is 5.75 Å². The second-order valence-electron chi connectivity index (χ2n) is 4.92. The Labute approximate surface area is 129 Å². The van der Waals surface area contributed by atoms with Gasteiger partial charge in [0.25, 0.3) is 0 Å². The Hall–Kier alpha value is -1.25. The lowest BCUT2D eigenvalue weighted by Gasteiger charge is -2.05. The number of halogens is 1. The van der Waals surface area contributed by atoms with E-state index in [2.05, 4.69) is 32.0 Å². The first-order valence-corrected chi connectivity index (χ1v) is 8.01. The summed E-state index contributed by atoms with van der Waals surface area (Å²) in [7, 11) is 0. The van der Waals surface area contributed by atoms with Crippen LogP contribution >= 0.6 is 23.4 Å². The molecule has 0 unspecified atom stereocenters. The molecular weight excluding hydrogens is 288 g/mol. The highest BCUT2D eigenvalue weighted by Gasteiger charge is 2.06. The lowest BCUT2D eigenvalue weighted by atomic mass is 10.1. The average Bonchev–Trinajstić information content (AvgIpc) is 2.37. The molecule has 0 aliphatic carbocycles. The molecule has 0 fully saturated rings. The van der Waals surface area contributed by atoms with Crippen molar-refractivity contribution in [1.82, 2.24) is 0 Å². The predicted molar refractivity (Wildman–Crippen MR) is 87.9 cm³/mol. The minimum Gasteiger partial charge on any atom is -0.293 e. The molecule has 0 spiro atoms. The summed E-state index contributed by atoms with van der Waals surface area (Å²) in [5, 5.41) is 0.607. The summed E-state index contributed by atoms with van der Waals surface area (Å²) in [5.41, 5.74) is 4.49. The molecule has 0 amide bonds. The number of hydrogen-bond donors (Lipinski definition) is 0. The lowest BCUT2D eigenvalue weighted by molar-refractivity contribution is 0.102. The van der Waals surface area contributed by atoms with Gasteiger partial charge >= 0.3 is 0 Å². The van der Waals surface area contributed by atoms with Crippen molar-refractivity contribution in [3.8, 4) is 0 Å². The highest BCUT2D eigenvalue weighted by atomic mass is 35.5. The third-order valence-electron chi connectivity index (χ3n) is 2.93. The van der Waals surface area contributed by atoms with Gasteiger partial charge in [0.2, 0.25) is 0 Å². The third kappa shape index (κ3) is 4.39. The number of thioether (sulfide) groups is 1. The van der Waals surface area contributed by atoms with E-state index in [1.165, 1.54) is 16.7 Å². The Morgan fingerprint density at radius 3 is 2.45 bits per heavy atom. The summed E-state index contributed by atoms with van der Waals surface area (Å²) in [6, 6.07) is 13.6. The van der Waals surface area contributed by atoms with Crippen LogP contribution in [0.4, 0.5) is 0 Å². The second-order valence-corrected chi connectivity index (χ2v) is 6.34. The average molecular weight is 305 g/mol. The van der Waals surface area contributed by atoms with Gasteiger partial charge in [-0.15, -0.1) is 11.8 Å². The normalized spacial score (nSPS) is 10.6. The van der Waals surface area contributed by atoms with Crippen LogP contribution in [0.1, 0.15) is 27.0 Å². The van der Waals surface area contributed by atoms with E-state index in [-0.39, 0.29) is 5.78 Å². The van der Waals surface area contributed by atoms with Crippen molar-refractivity contribution < 1.29 is 4.79 Å². The molecule has 20 heavy (non-hydrogen) atoms. The predicted octanol–water partition coefficient (Wildman–Crippen LogP) is 5.07. The molecule has 104 valence electrons. The maximum Gasteiger partial charge on any atom is 0.172 e. The molecule has 0 aliphatic heterocycles. The molecule has 0 saturated heterocycles. The Bertz CT molecular complexity index is 602. The molecule has 2 aromatic carbocycles.